The van der Waals surface area contributed by atoms with Crippen LogP contribution in [0, 0.1) is 6.92 Å². The first-order valence-electron chi connectivity index (χ1n) is 10.6. The number of aryl methyl sites for hydroxylation is 1. The van der Waals surface area contributed by atoms with Gasteiger partial charge in [-0.3, -0.25) is 0 Å². The van der Waals surface area contributed by atoms with Gasteiger partial charge in [-0.2, -0.15) is 0 Å². The molecule has 0 saturated heterocycles. The van der Waals surface area contributed by atoms with E-state index in [1.165, 1.54) is 3.97 Å². The van der Waals surface area contributed by atoms with Gasteiger partial charge in [0.2, 0.25) is 5.90 Å². The maximum Gasteiger partial charge on any atom is 0.340 e. The van der Waals surface area contributed by atoms with Crippen molar-refractivity contribution in [2.45, 2.75) is 30.7 Å². The van der Waals surface area contributed by atoms with Crippen molar-refractivity contribution in [3.8, 4) is 0 Å². The maximum absolute atomic E-state index is 13.4. The smallest absolute Gasteiger partial charge is 0.340 e. The van der Waals surface area contributed by atoms with Crippen molar-refractivity contribution >= 4 is 32.8 Å². The number of cyclic esters (lactones) is 1. The van der Waals surface area contributed by atoms with E-state index in [1.54, 1.807) is 49.5 Å². The van der Waals surface area contributed by atoms with E-state index in [2.05, 4.69) is 4.99 Å². The molecule has 1 aliphatic heterocycles. The van der Waals surface area contributed by atoms with Gasteiger partial charge >= 0.3 is 5.97 Å². The van der Waals surface area contributed by atoms with Crippen molar-refractivity contribution in [2.24, 2.45) is 4.99 Å². The van der Waals surface area contributed by atoms with Crippen molar-refractivity contribution in [3.05, 3.63) is 102 Å². The van der Waals surface area contributed by atoms with Gasteiger partial charge in [0.15, 0.2) is 5.54 Å². The average molecular weight is 459 g/mol. The molecule has 5 rings (SSSR count). The summed E-state index contributed by atoms with van der Waals surface area (Å²) >= 11 is 0. The minimum absolute atomic E-state index is 0.205. The Bertz CT molecular complexity index is 1500. The third-order valence-corrected chi connectivity index (χ3v) is 7.56. The zero-order chi connectivity index (χ0) is 23.2. The predicted octanol–water partition coefficient (Wildman–Crippen LogP) is 4.49. The lowest BCUT2D eigenvalue weighted by Gasteiger charge is -2.15. The summed E-state index contributed by atoms with van der Waals surface area (Å²) in [5.74, 6) is -0.182. The lowest BCUT2D eigenvalue weighted by atomic mass is 9.94. The van der Waals surface area contributed by atoms with Gasteiger partial charge in [-0.1, -0.05) is 54.1 Å². The SMILES string of the molecule is Cc1ccc(S(=O)(=O)n2cc(CC3(C)N=C(c4ccccc4)OC3=O)c3ccccc32)cc1. The standard InChI is InChI=1S/C26H22N2O4S/c1-18-12-14-21(15-13-18)33(30,31)28-17-20(22-10-6-7-11-23(22)28)16-26(2)25(29)32-24(27-26)19-8-4-3-5-9-19/h3-15,17H,16H2,1-2H3. The number of carbonyl (C=O) groups is 1. The van der Waals surface area contributed by atoms with Crippen LogP contribution >= 0.6 is 0 Å². The second-order valence-corrected chi connectivity index (χ2v) is 10.2. The molecular formula is C26H22N2O4S. The lowest BCUT2D eigenvalue weighted by molar-refractivity contribution is -0.138. The molecule has 4 aromatic rings. The fourth-order valence-corrected chi connectivity index (χ4v) is 5.45. The molecule has 6 nitrogen and oxygen atoms in total. The number of rotatable bonds is 5. The minimum Gasteiger partial charge on any atom is -0.405 e. The number of para-hydroxylation sites is 1. The molecule has 7 heteroatoms. The van der Waals surface area contributed by atoms with Gasteiger partial charge in [0, 0.05) is 23.6 Å². The number of nitrogens with zero attached hydrogens (tertiary/aromatic N) is 2. The van der Waals surface area contributed by atoms with Gasteiger partial charge in [0.25, 0.3) is 10.0 Å². The van der Waals surface area contributed by atoms with Crippen LogP contribution in [0.2, 0.25) is 0 Å². The van der Waals surface area contributed by atoms with E-state index >= 15 is 0 Å². The Morgan fingerprint density at radius 3 is 2.33 bits per heavy atom. The van der Waals surface area contributed by atoms with Crippen LogP contribution < -0.4 is 0 Å². The zero-order valence-corrected chi connectivity index (χ0v) is 19.0. The lowest BCUT2D eigenvalue weighted by Crippen LogP contribution is -2.32. The van der Waals surface area contributed by atoms with Crippen LogP contribution in [-0.4, -0.2) is 29.8 Å². The van der Waals surface area contributed by atoms with E-state index in [0.29, 0.717) is 11.1 Å². The molecule has 0 bridgehead atoms. The fraction of sp³-hybridized carbons (Fsp3) is 0.154. The van der Waals surface area contributed by atoms with Gasteiger partial charge in [-0.05, 0) is 49.7 Å². The van der Waals surface area contributed by atoms with E-state index < -0.39 is 21.5 Å². The van der Waals surface area contributed by atoms with Crippen LogP contribution in [0.15, 0.2) is 94.9 Å². The molecule has 0 radical (unpaired) electrons. The highest BCUT2D eigenvalue weighted by Gasteiger charge is 2.43. The number of hydrogen-bond donors (Lipinski definition) is 0. The quantitative estimate of drug-likeness (QED) is 0.413. The van der Waals surface area contributed by atoms with Gasteiger partial charge in [-0.25, -0.2) is 22.2 Å². The van der Waals surface area contributed by atoms with E-state index in [-0.39, 0.29) is 17.2 Å². The molecule has 0 amide bonds. The van der Waals surface area contributed by atoms with Crippen molar-refractivity contribution in [1.29, 1.82) is 0 Å². The molecule has 33 heavy (non-hydrogen) atoms. The normalized spacial score (nSPS) is 18.4. The summed E-state index contributed by atoms with van der Waals surface area (Å²) in [6, 6.07) is 23.3. The number of benzene rings is 3. The molecule has 1 aliphatic rings. The Kier molecular flexibility index (Phi) is 4.94. The number of esters is 1. The first-order chi connectivity index (χ1) is 15.8. The number of aliphatic imine (C=N–C) groups is 1. The second kappa shape index (κ2) is 7.71. The van der Waals surface area contributed by atoms with Crippen LogP contribution in [0.5, 0.6) is 0 Å². The highest BCUT2D eigenvalue weighted by molar-refractivity contribution is 7.90. The first kappa shape index (κ1) is 21.2. The van der Waals surface area contributed by atoms with E-state index in [4.69, 9.17) is 4.74 Å². The van der Waals surface area contributed by atoms with Crippen molar-refractivity contribution in [2.75, 3.05) is 0 Å². The third-order valence-electron chi connectivity index (χ3n) is 5.87. The van der Waals surface area contributed by atoms with Crippen LogP contribution in [0.1, 0.15) is 23.6 Å². The molecular weight excluding hydrogens is 436 g/mol. The minimum atomic E-state index is -3.82. The first-order valence-corrected chi connectivity index (χ1v) is 12.0. The maximum atomic E-state index is 13.4. The van der Waals surface area contributed by atoms with Crippen LogP contribution in [-0.2, 0) is 26.0 Å². The number of carbonyl (C=O) groups excluding carboxylic acids is 1. The largest absolute Gasteiger partial charge is 0.405 e. The average Bonchev–Trinajstić information content (AvgIpc) is 3.33. The molecule has 1 atom stereocenters. The van der Waals surface area contributed by atoms with Crippen molar-refractivity contribution in [3.63, 3.8) is 0 Å². The molecule has 0 N–H and O–H groups in total. The monoisotopic (exact) mass is 458 g/mol. The van der Waals surface area contributed by atoms with Crippen LogP contribution in [0.3, 0.4) is 0 Å². The Labute approximate surface area is 192 Å². The van der Waals surface area contributed by atoms with Crippen molar-refractivity contribution in [1.82, 2.24) is 3.97 Å². The van der Waals surface area contributed by atoms with Gasteiger partial charge in [0.05, 0.1) is 10.4 Å². The molecule has 166 valence electrons. The summed E-state index contributed by atoms with van der Waals surface area (Å²) in [6.07, 6.45) is 1.80. The number of fused-ring (bicyclic) bond motifs is 1. The highest BCUT2D eigenvalue weighted by atomic mass is 32.2. The topological polar surface area (TPSA) is 77.7 Å². The predicted molar refractivity (Wildman–Crippen MR) is 127 cm³/mol. The van der Waals surface area contributed by atoms with E-state index in [0.717, 1.165) is 16.5 Å². The molecule has 1 unspecified atom stereocenters. The molecule has 0 spiro atoms. The summed E-state index contributed by atoms with van der Waals surface area (Å²) in [6.45, 7) is 3.62. The molecule has 0 aliphatic carbocycles. The molecule has 0 fully saturated rings. The number of ether oxygens (including phenoxy) is 1. The zero-order valence-electron chi connectivity index (χ0n) is 18.2. The second-order valence-electron chi connectivity index (χ2n) is 8.41. The summed E-state index contributed by atoms with van der Waals surface area (Å²) in [5, 5.41) is 0.755. The third kappa shape index (κ3) is 3.64. The van der Waals surface area contributed by atoms with Crippen molar-refractivity contribution < 1.29 is 17.9 Å². The fourth-order valence-electron chi connectivity index (χ4n) is 4.06. The van der Waals surface area contributed by atoms with Crippen LogP contribution in [0.4, 0.5) is 0 Å². The van der Waals surface area contributed by atoms with Gasteiger partial charge < -0.3 is 4.74 Å². The van der Waals surface area contributed by atoms with Crippen LogP contribution in [0.25, 0.3) is 10.9 Å². The summed E-state index contributed by atoms with van der Waals surface area (Å²) in [5.41, 5.74) is 1.80. The number of hydrogen-bond acceptors (Lipinski definition) is 5. The number of aromatic nitrogens is 1. The molecule has 3 aromatic carbocycles. The Hall–Kier alpha value is -3.71. The Morgan fingerprint density at radius 1 is 0.939 bits per heavy atom. The summed E-state index contributed by atoms with van der Waals surface area (Å²) in [7, 11) is -3.82. The molecule has 2 heterocycles. The molecule has 1 aromatic heterocycles. The highest BCUT2D eigenvalue weighted by Crippen LogP contribution is 2.32. The summed E-state index contributed by atoms with van der Waals surface area (Å²) in [4.78, 5) is 17.6. The van der Waals surface area contributed by atoms with Gasteiger partial charge in [0.1, 0.15) is 0 Å². The summed E-state index contributed by atoms with van der Waals surface area (Å²) < 4.78 is 33.6. The Morgan fingerprint density at radius 2 is 1.61 bits per heavy atom. The molecule has 0 saturated carbocycles. The van der Waals surface area contributed by atoms with E-state index in [9.17, 15) is 13.2 Å². The Balaban J connectivity index is 1.58. The van der Waals surface area contributed by atoms with Gasteiger partial charge in [-0.15, -0.1) is 0 Å². The van der Waals surface area contributed by atoms with E-state index in [1.807, 2.05) is 49.4 Å².